The van der Waals surface area contributed by atoms with Gasteiger partial charge in [-0.25, -0.2) is 4.79 Å². The Balaban J connectivity index is 1.56. The molecule has 1 saturated heterocycles. The molecule has 0 spiro atoms. The minimum absolute atomic E-state index is 0.114. The van der Waals surface area contributed by atoms with Crippen LogP contribution in [-0.2, 0) is 6.54 Å². The second-order valence-corrected chi connectivity index (χ2v) is 6.41. The van der Waals surface area contributed by atoms with Crippen LogP contribution >= 0.6 is 11.6 Å². The Labute approximate surface area is 145 Å². The van der Waals surface area contributed by atoms with E-state index < -0.39 is 0 Å². The van der Waals surface area contributed by atoms with Crippen LogP contribution in [0.5, 0.6) is 0 Å². The molecule has 0 aliphatic carbocycles. The van der Waals surface area contributed by atoms with Gasteiger partial charge in [0.05, 0.1) is 11.6 Å². The van der Waals surface area contributed by atoms with Gasteiger partial charge in [0.2, 0.25) is 11.7 Å². The molecule has 1 aliphatic heterocycles. The van der Waals surface area contributed by atoms with E-state index >= 15 is 0 Å². The number of rotatable bonds is 4. The Morgan fingerprint density at radius 1 is 1.46 bits per heavy atom. The van der Waals surface area contributed by atoms with Crippen LogP contribution in [0.1, 0.15) is 12.3 Å². The zero-order valence-corrected chi connectivity index (χ0v) is 14.5. The summed E-state index contributed by atoms with van der Waals surface area (Å²) in [7, 11) is 4.06. The monoisotopic (exact) mass is 349 g/mol. The van der Waals surface area contributed by atoms with E-state index in [-0.39, 0.29) is 12.6 Å². The number of carbonyl (C=O) groups excluding carboxylic acids is 1. The molecular formula is C16H20ClN5O2. The van der Waals surface area contributed by atoms with Crippen LogP contribution in [0.3, 0.4) is 0 Å². The fourth-order valence-corrected chi connectivity index (χ4v) is 2.91. The average Bonchev–Trinajstić information content (AvgIpc) is 3.22. The molecule has 8 heteroatoms. The van der Waals surface area contributed by atoms with Crippen molar-refractivity contribution in [3.05, 3.63) is 35.2 Å². The van der Waals surface area contributed by atoms with Crippen molar-refractivity contribution in [1.82, 2.24) is 25.3 Å². The number of likely N-dealkylation sites (N-methyl/N-ethyl adjacent to an activating group) is 1. The molecule has 0 saturated carbocycles. The zero-order valence-electron chi connectivity index (χ0n) is 13.7. The highest BCUT2D eigenvalue weighted by molar-refractivity contribution is 6.33. The molecule has 24 heavy (non-hydrogen) atoms. The molecule has 1 fully saturated rings. The first-order valence-electron chi connectivity index (χ1n) is 7.81. The molecule has 0 bridgehead atoms. The Morgan fingerprint density at radius 2 is 2.25 bits per heavy atom. The van der Waals surface area contributed by atoms with Gasteiger partial charge in [-0.15, -0.1) is 0 Å². The van der Waals surface area contributed by atoms with Gasteiger partial charge < -0.3 is 19.6 Å². The predicted octanol–water partition coefficient (Wildman–Crippen LogP) is 2.24. The molecule has 1 aliphatic rings. The van der Waals surface area contributed by atoms with E-state index in [1.165, 1.54) is 0 Å². The van der Waals surface area contributed by atoms with Gasteiger partial charge in [-0.2, -0.15) is 4.98 Å². The fraction of sp³-hybridized carbons (Fsp3) is 0.438. The molecule has 2 aromatic rings. The lowest BCUT2D eigenvalue weighted by molar-refractivity contribution is 0.201. The Morgan fingerprint density at radius 3 is 2.96 bits per heavy atom. The van der Waals surface area contributed by atoms with E-state index in [2.05, 4.69) is 20.4 Å². The van der Waals surface area contributed by atoms with E-state index in [9.17, 15) is 4.79 Å². The van der Waals surface area contributed by atoms with Crippen molar-refractivity contribution in [2.45, 2.75) is 19.0 Å². The summed E-state index contributed by atoms with van der Waals surface area (Å²) < 4.78 is 5.19. The lowest BCUT2D eigenvalue weighted by atomic mass is 10.2. The van der Waals surface area contributed by atoms with Crippen molar-refractivity contribution in [3.8, 4) is 11.4 Å². The largest absolute Gasteiger partial charge is 0.337 e. The van der Waals surface area contributed by atoms with Gasteiger partial charge in [0.15, 0.2) is 0 Å². The number of nitrogens with zero attached hydrogens (tertiary/aromatic N) is 4. The summed E-state index contributed by atoms with van der Waals surface area (Å²) >= 11 is 6.12. The van der Waals surface area contributed by atoms with E-state index in [1.807, 2.05) is 32.3 Å². The van der Waals surface area contributed by atoms with Gasteiger partial charge in [0.25, 0.3) is 0 Å². The third-order valence-corrected chi connectivity index (χ3v) is 4.48. The van der Waals surface area contributed by atoms with Gasteiger partial charge in [0.1, 0.15) is 0 Å². The van der Waals surface area contributed by atoms with E-state index in [1.54, 1.807) is 11.0 Å². The molecule has 7 nitrogen and oxygen atoms in total. The number of urea groups is 1. The van der Waals surface area contributed by atoms with Crippen LogP contribution in [0, 0.1) is 0 Å². The lowest BCUT2D eigenvalue weighted by Gasteiger charge is -2.20. The highest BCUT2D eigenvalue weighted by Crippen LogP contribution is 2.24. The first-order valence-corrected chi connectivity index (χ1v) is 8.19. The Hall–Kier alpha value is -2.12. The van der Waals surface area contributed by atoms with Gasteiger partial charge in [-0.3, -0.25) is 0 Å². The molecule has 3 rings (SSSR count). The molecule has 2 amide bonds. The summed E-state index contributed by atoms with van der Waals surface area (Å²) in [5.41, 5.74) is 0.703. The maximum Gasteiger partial charge on any atom is 0.317 e. The van der Waals surface area contributed by atoms with Gasteiger partial charge in [-0.1, -0.05) is 28.9 Å². The molecule has 128 valence electrons. The minimum atomic E-state index is -0.114. The van der Waals surface area contributed by atoms with E-state index in [0.29, 0.717) is 28.3 Å². The normalized spacial score (nSPS) is 17.5. The van der Waals surface area contributed by atoms with E-state index in [4.69, 9.17) is 16.1 Å². The second kappa shape index (κ2) is 7.19. The van der Waals surface area contributed by atoms with Crippen molar-refractivity contribution >= 4 is 17.6 Å². The number of likely N-dealkylation sites (tertiary alicyclic amines) is 1. The zero-order chi connectivity index (χ0) is 17.1. The van der Waals surface area contributed by atoms with E-state index in [0.717, 1.165) is 19.5 Å². The molecule has 1 N–H and O–H groups in total. The molecule has 0 radical (unpaired) electrons. The van der Waals surface area contributed by atoms with Crippen LogP contribution in [-0.4, -0.2) is 59.2 Å². The van der Waals surface area contributed by atoms with Gasteiger partial charge in [0, 0.05) is 24.7 Å². The second-order valence-electron chi connectivity index (χ2n) is 6.00. The number of hydrogen-bond acceptors (Lipinski definition) is 5. The van der Waals surface area contributed by atoms with Crippen molar-refractivity contribution < 1.29 is 9.32 Å². The maximum atomic E-state index is 12.2. The number of amides is 2. The number of nitrogens with one attached hydrogen (secondary N) is 1. The van der Waals surface area contributed by atoms with Crippen molar-refractivity contribution in [1.29, 1.82) is 0 Å². The van der Waals surface area contributed by atoms with Crippen molar-refractivity contribution in [2.75, 3.05) is 27.2 Å². The summed E-state index contributed by atoms with van der Waals surface area (Å²) in [5, 5.41) is 7.29. The minimum Gasteiger partial charge on any atom is -0.337 e. The van der Waals surface area contributed by atoms with Gasteiger partial charge in [-0.05, 0) is 32.6 Å². The summed E-state index contributed by atoms with van der Waals surface area (Å²) in [6.07, 6.45) is 0.984. The van der Waals surface area contributed by atoms with Gasteiger partial charge >= 0.3 is 6.03 Å². The third-order valence-electron chi connectivity index (χ3n) is 4.15. The summed E-state index contributed by atoms with van der Waals surface area (Å²) in [4.78, 5) is 20.4. The first-order chi connectivity index (χ1) is 11.5. The number of benzene rings is 1. The molecule has 0 unspecified atom stereocenters. The SMILES string of the molecule is CN(C)[C@@H]1CCN(C(=O)NCc2nc(-c3ccccc3Cl)no2)C1. The number of hydrogen-bond donors (Lipinski definition) is 1. The van der Waals surface area contributed by atoms with Crippen LogP contribution < -0.4 is 5.32 Å². The summed E-state index contributed by atoms with van der Waals surface area (Å²) in [6, 6.07) is 7.57. The highest BCUT2D eigenvalue weighted by atomic mass is 35.5. The third kappa shape index (κ3) is 3.68. The molecule has 1 aromatic heterocycles. The Kier molecular flexibility index (Phi) is 5.01. The smallest absolute Gasteiger partial charge is 0.317 e. The quantitative estimate of drug-likeness (QED) is 0.916. The average molecular weight is 350 g/mol. The number of halogens is 1. The lowest BCUT2D eigenvalue weighted by Crippen LogP contribution is -2.40. The molecule has 2 heterocycles. The Bertz CT molecular complexity index is 718. The summed E-state index contributed by atoms with van der Waals surface area (Å²) in [6.45, 7) is 1.68. The molecular weight excluding hydrogens is 330 g/mol. The highest BCUT2D eigenvalue weighted by Gasteiger charge is 2.27. The van der Waals surface area contributed by atoms with Crippen molar-refractivity contribution in [2.24, 2.45) is 0 Å². The van der Waals surface area contributed by atoms with Crippen LogP contribution in [0.2, 0.25) is 5.02 Å². The number of aromatic nitrogens is 2. The van der Waals surface area contributed by atoms with Crippen LogP contribution in [0.4, 0.5) is 4.79 Å². The summed E-state index contributed by atoms with van der Waals surface area (Å²) in [5.74, 6) is 0.764. The topological polar surface area (TPSA) is 74.5 Å². The predicted molar refractivity (Wildman–Crippen MR) is 90.6 cm³/mol. The maximum absolute atomic E-state index is 12.2. The standard InChI is InChI=1S/C16H20ClN5O2/c1-21(2)11-7-8-22(10-11)16(23)18-9-14-19-15(20-24-14)12-5-3-4-6-13(12)17/h3-6,11H,7-10H2,1-2H3,(H,18,23)/t11-/m1/s1. The molecule has 1 atom stereocenters. The fourth-order valence-electron chi connectivity index (χ4n) is 2.69. The first kappa shape index (κ1) is 16.7. The molecule has 1 aromatic carbocycles. The number of carbonyl (C=O) groups is 1. The van der Waals surface area contributed by atoms with Crippen LogP contribution in [0.15, 0.2) is 28.8 Å². The van der Waals surface area contributed by atoms with Crippen LogP contribution in [0.25, 0.3) is 11.4 Å². The van der Waals surface area contributed by atoms with Crippen molar-refractivity contribution in [3.63, 3.8) is 0 Å².